The number of nitrogens with zero attached hydrogens (tertiary/aromatic N) is 1. The van der Waals surface area contributed by atoms with Gasteiger partial charge in [-0.05, 0) is 67.7 Å². The molecule has 3 rings (SSSR count). The quantitative estimate of drug-likeness (QED) is 0.691. The van der Waals surface area contributed by atoms with E-state index in [9.17, 15) is 8.78 Å². The van der Waals surface area contributed by atoms with Crippen LogP contribution in [0, 0.1) is 11.6 Å². The van der Waals surface area contributed by atoms with Crippen LogP contribution in [-0.2, 0) is 0 Å². The third-order valence-corrected chi connectivity index (χ3v) is 5.10. The Balaban J connectivity index is 1.68. The Morgan fingerprint density at radius 2 is 1.62 bits per heavy atom. The standard InChI is InChI=1S/C22H26F2N2/c1-2-15-26-16-3-4-21(26)13-14-25-22(17-5-9-19(23)10-6-17)18-7-11-20(24)12-8-18/h2,5-12,21-22,25H,1,3-4,13-16H2. The van der Waals surface area contributed by atoms with Gasteiger partial charge in [0.15, 0.2) is 0 Å². The molecule has 2 aromatic carbocycles. The molecule has 138 valence electrons. The van der Waals surface area contributed by atoms with Crippen molar-refractivity contribution in [1.82, 2.24) is 10.2 Å². The van der Waals surface area contributed by atoms with Crippen LogP contribution in [-0.4, -0.2) is 30.6 Å². The maximum atomic E-state index is 13.3. The van der Waals surface area contributed by atoms with Crippen molar-refractivity contribution in [2.45, 2.75) is 31.3 Å². The van der Waals surface area contributed by atoms with E-state index in [1.807, 2.05) is 6.08 Å². The van der Waals surface area contributed by atoms with Gasteiger partial charge in [-0.15, -0.1) is 6.58 Å². The van der Waals surface area contributed by atoms with Gasteiger partial charge in [-0.25, -0.2) is 8.78 Å². The van der Waals surface area contributed by atoms with Gasteiger partial charge >= 0.3 is 0 Å². The second-order valence-electron chi connectivity index (χ2n) is 6.86. The van der Waals surface area contributed by atoms with E-state index in [0.29, 0.717) is 6.04 Å². The predicted molar refractivity (Wildman–Crippen MR) is 102 cm³/mol. The molecular weight excluding hydrogens is 330 g/mol. The van der Waals surface area contributed by atoms with Crippen LogP contribution in [0.4, 0.5) is 8.78 Å². The number of hydrogen-bond acceptors (Lipinski definition) is 2. The molecule has 2 nitrogen and oxygen atoms in total. The second kappa shape index (κ2) is 9.06. The molecule has 0 saturated carbocycles. The second-order valence-corrected chi connectivity index (χ2v) is 6.86. The molecule has 0 amide bonds. The van der Waals surface area contributed by atoms with Crippen LogP contribution in [0.3, 0.4) is 0 Å². The molecule has 1 unspecified atom stereocenters. The van der Waals surface area contributed by atoms with Gasteiger partial charge in [-0.1, -0.05) is 30.3 Å². The van der Waals surface area contributed by atoms with Crippen molar-refractivity contribution in [2.75, 3.05) is 19.6 Å². The Hall–Kier alpha value is -2.04. The van der Waals surface area contributed by atoms with Crippen LogP contribution in [0.15, 0.2) is 61.2 Å². The lowest BCUT2D eigenvalue weighted by Crippen LogP contribution is -2.33. The first-order valence-electron chi connectivity index (χ1n) is 9.26. The minimum Gasteiger partial charge on any atom is -0.306 e. The summed E-state index contributed by atoms with van der Waals surface area (Å²) in [5.41, 5.74) is 1.96. The average molecular weight is 356 g/mol. The summed E-state index contributed by atoms with van der Waals surface area (Å²) in [5, 5.41) is 3.58. The van der Waals surface area contributed by atoms with Gasteiger partial charge in [0.1, 0.15) is 11.6 Å². The SMILES string of the molecule is C=CCN1CCCC1CCNC(c1ccc(F)cc1)c1ccc(F)cc1. The summed E-state index contributed by atoms with van der Waals surface area (Å²) in [5.74, 6) is -0.504. The minimum atomic E-state index is -0.252. The summed E-state index contributed by atoms with van der Waals surface area (Å²) >= 11 is 0. The number of likely N-dealkylation sites (tertiary alicyclic amines) is 1. The number of rotatable bonds is 8. The third kappa shape index (κ3) is 4.77. The fourth-order valence-corrected chi connectivity index (χ4v) is 3.76. The smallest absolute Gasteiger partial charge is 0.123 e. The molecule has 1 atom stereocenters. The van der Waals surface area contributed by atoms with E-state index >= 15 is 0 Å². The van der Waals surface area contributed by atoms with E-state index < -0.39 is 0 Å². The lowest BCUT2D eigenvalue weighted by molar-refractivity contribution is 0.265. The van der Waals surface area contributed by atoms with E-state index in [1.54, 1.807) is 24.3 Å². The normalized spacial score (nSPS) is 17.7. The van der Waals surface area contributed by atoms with Gasteiger partial charge in [-0.2, -0.15) is 0 Å². The molecule has 1 aliphatic rings. The van der Waals surface area contributed by atoms with Crippen LogP contribution < -0.4 is 5.32 Å². The van der Waals surface area contributed by atoms with Crippen molar-refractivity contribution in [3.05, 3.63) is 83.9 Å². The van der Waals surface area contributed by atoms with Gasteiger partial charge < -0.3 is 5.32 Å². The molecule has 1 fully saturated rings. The minimum absolute atomic E-state index is 0.0783. The number of nitrogens with one attached hydrogen (secondary N) is 1. The summed E-state index contributed by atoms with van der Waals surface area (Å²) in [6.45, 7) is 6.76. The monoisotopic (exact) mass is 356 g/mol. The van der Waals surface area contributed by atoms with Crippen LogP contribution in [0.5, 0.6) is 0 Å². The molecule has 0 spiro atoms. The van der Waals surface area contributed by atoms with Crippen molar-refractivity contribution < 1.29 is 8.78 Å². The molecule has 1 heterocycles. The van der Waals surface area contributed by atoms with Crippen molar-refractivity contribution in [1.29, 1.82) is 0 Å². The molecule has 0 radical (unpaired) electrons. The van der Waals surface area contributed by atoms with Crippen molar-refractivity contribution >= 4 is 0 Å². The highest BCUT2D eigenvalue weighted by Gasteiger charge is 2.23. The van der Waals surface area contributed by atoms with E-state index in [-0.39, 0.29) is 17.7 Å². The molecule has 0 aliphatic carbocycles. The average Bonchev–Trinajstić information content (AvgIpc) is 3.08. The van der Waals surface area contributed by atoms with E-state index in [0.717, 1.165) is 37.2 Å². The van der Waals surface area contributed by atoms with Gasteiger partial charge in [0, 0.05) is 12.6 Å². The summed E-state index contributed by atoms with van der Waals surface area (Å²) < 4.78 is 26.6. The number of halogens is 2. The van der Waals surface area contributed by atoms with Crippen molar-refractivity contribution in [3.8, 4) is 0 Å². The molecule has 1 saturated heterocycles. The number of hydrogen-bond donors (Lipinski definition) is 1. The van der Waals surface area contributed by atoms with Gasteiger partial charge in [-0.3, -0.25) is 4.90 Å². The molecule has 0 bridgehead atoms. The van der Waals surface area contributed by atoms with Crippen molar-refractivity contribution in [3.63, 3.8) is 0 Å². The predicted octanol–water partition coefficient (Wildman–Crippen LogP) is 4.68. The van der Waals surface area contributed by atoms with Gasteiger partial charge in [0.25, 0.3) is 0 Å². The summed E-state index contributed by atoms with van der Waals surface area (Å²) in [6.07, 6.45) is 5.46. The molecule has 2 aromatic rings. The van der Waals surface area contributed by atoms with Crippen LogP contribution >= 0.6 is 0 Å². The van der Waals surface area contributed by atoms with Crippen LogP contribution in [0.25, 0.3) is 0 Å². The Bertz CT molecular complexity index is 652. The maximum Gasteiger partial charge on any atom is 0.123 e. The molecule has 1 aliphatic heterocycles. The summed E-state index contributed by atoms with van der Waals surface area (Å²) in [7, 11) is 0. The maximum absolute atomic E-state index is 13.3. The Morgan fingerprint density at radius 3 is 2.15 bits per heavy atom. The zero-order valence-electron chi connectivity index (χ0n) is 15.0. The molecule has 0 aromatic heterocycles. The lowest BCUT2D eigenvalue weighted by Gasteiger charge is -2.25. The summed E-state index contributed by atoms with van der Waals surface area (Å²) in [4.78, 5) is 2.47. The first kappa shape index (κ1) is 18.7. The highest BCUT2D eigenvalue weighted by Crippen LogP contribution is 2.24. The zero-order valence-corrected chi connectivity index (χ0v) is 15.0. The Labute approximate surface area is 154 Å². The van der Waals surface area contributed by atoms with E-state index in [1.165, 1.54) is 37.1 Å². The van der Waals surface area contributed by atoms with E-state index in [4.69, 9.17) is 0 Å². The molecule has 1 N–H and O–H groups in total. The number of benzene rings is 2. The zero-order chi connectivity index (χ0) is 18.4. The van der Waals surface area contributed by atoms with Crippen LogP contribution in [0.2, 0.25) is 0 Å². The fraction of sp³-hybridized carbons (Fsp3) is 0.364. The lowest BCUT2D eigenvalue weighted by atomic mass is 9.98. The van der Waals surface area contributed by atoms with Gasteiger partial charge in [0.2, 0.25) is 0 Å². The molecular formula is C22H26F2N2. The first-order chi connectivity index (χ1) is 12.7. The topological polar surface area (TPSA) is 15.3 Å². The Kier molecular flexibility index (Phi) is 6.53. The highest BCUT2D eigenvalue weighted by molar-refractivity contribution is 5.32. The molecule has 26 heavy (non-hydrogen) atoms. The van der Waals surface area contributed by atoms with E-state index in [2.05, 4.69) is 16.8 Å². The Morgan fingerprint density at radius 1 is 1.04 bits per heavy atom. The first-order valence-corrected chi connectivity index (χ1v) is 9.26. The van der Waals surface area contributed by atoms with Crippen LogP contribution in [0.1, 0.15) is 36.4 Å². The van der Waals surface area contributed by atoms with Gasteiger partial charge in [0.05, 0.1) is 6.04 Å². The third-order valence-electron chi connectivity index (χ3n) is 5.10. The largest absolute Gasteiger partial charge is 0.306 e. The fourth-order valence-electron chi connectivity index (χ4n) is 3.76. The van der Waals surface area contributed by atoms with Crippen molar-refractivity contribution in [2.24, 2.45) is 0 Å². The summed E-state index contributed by atoms with van der Waals surface area (Å²) in [6, 6.07) is 13.5. The highest BCUT2D eigenvalue weighted by atomic mass is 19.1. The molecule has 4 heteroatoms.